The Bertz CT molecular complexity index is 738. The second-order valence-electron chi connectivity index (χ2n) is 5.34. The van der Waals surface area contributed by atoms with Gasteiger partial charge in [0.15, 0.2) is 0 Å². The van der Waals surface area contributed by atoms with E-state index < -0.39 is 0 Å². The van der Waals surface area contributed by atoms with Crippen LogP contribution >= 0.6 is 0 Å². The maximum Gasteiger partial charge on any atom is 0.148 e. The molecule has 0 spiro atoms. The van der Waals surface area contributed by atoms with E-state index >= 15 is 0 Å². The Hall–Kier alpha value is -2.42. The van der Waals surface area contributed by atoms with Gasteiger partial charge in [0.25, 0.3) is 0 Å². The first-order valence-corrected chi connectivity index (χ1v) is 7.26. The third-order valence-corrected chi connectivity index (χ3v) is 3.69. The first-order chi connectivity index (χ1) is 10.2. The molecule has 1 atom stereocenters. The summed E-state index contributed by atoms with van der Waals surface area (Å²) in [6, 6.07) is 18.5. The second kappa shape index (κ2) is 5.92. The number of aryl methyl sites for hydroxylation is 1. The molecule has 0 radical (unpaired) electrons. The van der Waals surface area contributed by atoms with Crippen molar-refractivity contribution in [2.45, 2.75) is 19.8 Å². The predicted molar refractivity (Wildman–Crippen MR) is 87.6 cm³/mol. The molecule has 0 aliphatic carbocycles. The fraction of sp³-hybridized carbons (Fsp3) is 0.222. The van der Waals surface area contributed by atoms with Crippen LogP contribution in [0.15, 0.2) is 54.6 Å². The minimum atomic E-state index is 0.430. The monoisotopic (exact) mass is 277 g/mol. The maximum atomic E-state index is 4.67. The van der Waals surface area contributed by atoms with Gasteiger partial charge in [0.2, 0.25) is 0 Å². The predicted octanol–water partition coefficient (Wildman–Crippen LogP) is 4.15. The Balaban J connectivity index is 1.77. The quantitative estimate of drug-likeness (QED) is 0.778. The summed E-state index contributed by atoms with van der Waals surface area (Å²) in [6.45, 7) is 5.05. The van der Waals surface area contributed by atoms with Crippen molar-refractivity contribution in [3.8, 4) is 0 Å². The molecule has 0 bridgehead atoms. The van der Waals surface area contributed by atoms with Gasteiger partial charge in [-0.2, -0.15) is 0 Å². The van der Waals surface area contributed by atoms with E-state index in [2.05, 4.69) is 46.5 Å². The highest BCUT2D eigenvalue weighted by Crippen LogP contribution is 2.19. The molecule has 3 nitrogen and oxygen atoms in total. The van der Waals surface area contributed by atoms with Gasteiger partial charge in [-0.25, -0.2) is 9.97 Å². The number of anilines is 1. The number of aromatic nitrogens is 2. The van der Waals surface area contributed by atoms with Crippen LogP contribution in [0.5, 0.6) is 0 Å². The molecular formula is C18H19N3. The van der Waals surface area contributed by atoms with Crippen LogP contribution in [0.3, 0.4) is 0 Å². The lowest BCUT2D eigenvalue weighted by atomic mass is 10.0. The molecule has 0 fully saturated rings. The van der Waals surface area contributed by atoms with Gasteiger partial charge in [0, 0.05) is 6.54 Å². The fourth-order valence-electron chi connectivity index (χ4n) is 2.40. The summed E-state index contributed by atoms with van der Waals surface area (Å²) in [5, 5.41) is 3.43. The van der Waals surface area contributed by atoms with Crippen molar-refractivity contribution in [3.63, 3.8) is 0 Å². The van der Waals surface area contributed by atoms with E-state index in [4.69, 9.17) is 0 Å². The number of hydrogen-bond donors (Lipinski definition) is 1. The topological polar surface area (TPSA) is 37.8 Å². The lowest BCUT2D eigenvalue weighted by Crippen LogP contribution is -2.12. The summed E-state index contributed by atoms with van der Waals surface area (Å²) in [4.78, 5) is 9.27. The van der Waals surface area contributed by atoms with E-state index in [-0.39, 0.29) is 0 Å². The van der Waals surface area contributed by atoms with E-state index in [1.165, 1.54) is 5.56 Å². The molecule has 0 saturated heterocycles. The number of fused-ring (bicyclic) bond motifs is 1. The highest BCUT2D eigenvalue weighted by atomic mass is 15.0. The van der Waals surface area contributed by atoms with Gasteiger partial charge in [-0.1, -0.05) is 49.4 Å². The molecule has 3 aromatic rings. The van der Waals surface area contributed by atoms with Crippen LogP contribution in [0.1, 0.15) is 24.1 Å². The van der Waals surface area contributed by atoms with Crippen molar-refractivity contribution in [1.82, 2.24) is 9.97 Å². The summed E-state index contributed by atoms with van der Waals surface area (Å²) in [5.74, 6) is 1.30. The van der Waals surface area contributed by atoms with Gasteiger partial charge < -0.3 is 5.32 Å². The van der Waals surface area contributed by atoms with Gasteiger partial charge in [0.1, 0.15) is 5.82 Å². The zero-order valence-corrected chi connectivity index (χ0v) is 12.4. The minimum Gasteiger partial charge on any atom is -0.368 e. The van der Waals surface area contributed by atoms with Crippen LogP contribution in [0, 0.1) is 6.92 Å². The van der Waals surface area contributed by atoms with Crippen molar-refractivity contribution < 1.29 is 0 Å². The molecule has 0 aliphatic rings. The molecule has 1 unspecified atom stereocenters. The SMILES string of the molecule is Cc1nc2ccccc2nc1NCC(C)c1ccccc1. The summed E-state index contributed by atoms with van der Waals surface area (Å²) in [5.41, 5.74) is 4.14. The molecule has 1 aromatic heterocycles. The van der Waals surface area contributed by atoms with Crippen molar-refractivity contribution in [1.29, 1.82) is 0 Å². The molecule has 106 valence electrons. The van der Waals surface area contributed by atoms with Crippen molar-refractivity contribution in [3.05, 3.63) is 65.9 Å². The third kappa shape index (κ3) is 3.02. The van der Waals surface area contributed by atoms with Crippen molar-refractivity contribution in [2.75, 3.05) is 11.9 Å². The normalized spacial score (nSPS) is 12.3. The number of para-hydroxylation sites is 2. The van der Waals surface area contributed by atoms with E-state index in [0.29, 0.717) is 5.92 Å². The Labute approximate surface area is 125 Å². The molecule has 0 amide bonds. The summed E-state index contributed by atoms with van der Waals surface area (Å²) < 4.78 is 0. The van der Waals surface area contributed by atoms with E-state index in [0.717, 1.165) is 29.1 Å². The Kier molecular flexibility index (Phi) is 3.82. The average molecular weight is 277 g/mol. The summed E-state index contributed by atoms with van der Waals surface area (Å²) >= 11 is 0. The lowest BCUT2D eigenvalue weighted by molar-refractivity contribution is 0.800. The van der Waals surface area contributed by atoms with Gasteiger partial charge in [-0.3, -0.25) is 0 Å². The van der Waals surface area contributed by atoms with Gasteiger partial charge >= 0.3 is 0 Å². The lowest BCUT2D eigenvalue weighted by Gasteiger charge is -2.15. The maximum absolute atomic E-state index is 4.67. The van der Waals surface area contributed by atoms with Gasteiger partial charge in [0.05, 0.1) is 16.7 Å². The number of rotatable bonds is 4. The van der Waals surface area contributed by atoms with Crippen LogP contribution < -0.4 is 5.32 Å². The van der Waals surface area contributed by atoms with Crippen LogP contribution in [-0.4, -0.2) is 16.5 Å². The second-order valence-corrected chi connectivity index (χ2v) is 5.34. The van der Waals surface area contributed by atoms with E-state index in [1.54, 1.807) is 0 Å². The standard InChI is InChI=1S/C18H19N3/c1-13(15-8-4-3-5-9-15)12-19-18-14(2)20-16-10-6-7-11-17(16)21-18/h3-11,13H,12H2,1-2H3,(H,19,21). The Morgan fingerprint density at radius 2 is 1.52 bits per heavy atom. The molecule has 1 N–H and O–H groups in total. The molecule has 1 heterocycles. The highest BCUT2D eigenvalue weighted by molar-refractivity contribution is 5.76. The van der Waals surface area contributed by atoms with Crippen LogP contribution in [0.4, 0.5) is 5.82 Å². The van der Waals surface area contributed by atoms with Crippen molar-refractivity contribution >= 4 is 16.9 Å². The minimum absolute atomic E-state index is 0.430. The molecule has 3 heteroatoms. The molecule has 3 rings (SSSR count). The molecule has 2 aromatic carbocycles. The molecule has 21 heavy (non-hydrogen) atoms. The first-order valence-electron chi connectivity index (χ1n) is 7.26. The van der Waals surface area contributed by atoms with Crippen LogP contribution in [0.25, 0.3) is 11.0 Å². The number of nitrogens with zero attached hydrogens (tertiary/aromatic N) is 2. The van der Waals surface area contributed by atoms with Crippen LogP contribution in [0.2, 0.25) is 0 Å². The smallest absolute Gasteiger partial charge is 0.148 e. The van der Waals surface area contributed by atoms with E-state index in [1.807, 2.05) is 37.3 Å². The zero-order valence-electron chi connectivity index (χ0n) is 12.4. The first kappa shape index (κ1) is 13.6. The molecular weight excluding hydrogens is 258 g/mol. The Morgan fingerprint density at radius 1 is 0.905 bits per heavy atom. The van der Waals surface area contributed by atoms with Crippen LogP contribution in [-0.2, 0) is 0 Å². The average Bonchev–Trinajstić information content (AvgIpc) is 2.53. The summed E-state index contributed by atoms with van der Waals surface area (Å²) in [6.07, 6.45) is 0. The number of benzene rings is 2. The largest absolute Gasteiger partial charge is 0.368 e. The number of hydrogen-bond acceptors (Lipinski definition) is 3. The molecule has 0 aliphatic heterocycles. The zero-order chi connectivity index (χ0) is 14.7. The van der Waals surface area contributed by atoms with Gasteiger partial charge in [-0.05, 0) is 30.5 Å². The highest BCUT2D eigenvalue weighted by Gasteiger charge is 2.08. The van der Waals surface area contributed by atoms with Gasteiger partial charge in [-0.15, -0.1) is 0 Å². The number of nitrogens with one attached hydrogen (secondary N) is 1. The van der Waals surface area contributed by atoms with Crippen molar-refractivity contribution in [2.24, 2.45) is 0 Å². The summed E-state index contributed by atoms with van der Waals surface area (Å²) in [7, 11) is 0. The third-order valence-electron chi connectivity index (χ3n) is 3.69. The fourth-order valence-corrected chi connectivity index (χ4v) is 2.40. The van der Waals surface area contributed by atoms with E-state index in [9.17, 15) is 0 Å². The molecule has 0 saturated carbocycles. The Morgan fingerprint density at radius 3 is 2.24 bits per heavy atom.